The van der Waals surface area contributed by atoms with Gasteiger partial charge in [-0.25, -0.2) is 13.3 Å². The number of nitrogens with zero attached hydrogens (tertiary/aromatic N) is 3. The van der Waals surface area contributed by atoms with Gasteiger partial charge in [0, 0.05) is 19.9 Å². The minimum atomic E-state index is -3.23. The second-order valence-corrected chi connectivity index (χ2v) is 21.3. The van der Waals surface area contributed by atoms with Gasteiger partial charge in [-0.2, -0.15) is 5.26 Å². The lowest BCUT2D eigenvalue weighted by molar-refractivity contribution is 0.141. The first-order valence-electron chi connectivity index (χ1n) is 25.1. The second-order valence-electron chi connectivity index (χ2n) is 19.3. The maximum atomic E-state index is 11.5. The average Bonchev–Trinajstić information content (AvgIpc) is 4.14. The van der Waals surface area contributed by atoms with Crippen LogP contribution < -0.4 is 33.2 Å². The van der Waals surface area contributed by atoms with E-state index in [1.807, 2.05) is 170 Å². The summed E-state index contributed by atoms with van der Waals surface area (Å²) < 4.78 is 67.2. The van der Waals surface area contributed by atoms with Crippen molar-refractivity contribution in [2.45, 2.75) is 138 Å². The number of benzene rings is 5. The molecule has 0 aromatic heterocycles. The maximum Gasteiger partial charge on any atom is 0.193 e. The zero-order chi connectivity index (χ0) is 55.5. The van der Waals surface area contributed by atoms with Gasteiger partial charge in [0.2, 0.25) is 0 Å². The van der Waals surface area contributed by atoms with Crippen molar-refractivity contribution in [1.82, 2.24) is 4.90 Å². The van der Waals surface area contributed by atoms with Crippen LogP contribution in [-0.4, -0.2) is 97.7 Å². The lowest BCUT2D eigenvalue weighted by Crippen LogP contribution is -2.19. The van der Waals surface area contributed by atoms with Crippen LogP contribution >= 0.6 is 0 Å². The van der Waals surface area contributed by atoms with Crippen LogP contribution in [0.5, 0.6) is 40.2 Å². The number of sulfone groups is 1. The number of hydrogen-bond acceptors (Lipinski definition) is 12. The zero-order valence-electron chi connectivity index (χ0n) is 47.1. The lowest BCUT2D eigenvalue weighted by Gasteiger charge is -2.16. The molecule has 1 fully saturated rings. The van der Waals surface area contributed by atoms with Crippen molar-refractivity contribution in [2.24, 2.45) is 0 Å². The normalized spacial score (nSPS) is 11.6. The molecule has 0 radical (unpaired) electrons. The Hall–Kier alpha value is -6.45. The zero-order valence-corrected chi connectivity index (χ0v) is 47.9. The smallest absolute Gasteiger partial charge is 0.193 e. The molecule has 14 heteroatoms. The van der Waals surface area contributed by atoms with E-state index < -0.39 is 9.84 Å². The largest absolute Gasteiger partial charge is 0.492 e. The van der Waals surface area contributed by atoms with Crippen LogP contribution in [0, 0.1) is 52.5 Å². The minimum absolute atomic E-state index is 0.0341. The summed E-state index contributed by atoms with van der Waals surface area (Å²) in [6.07, 6.45) is 4.22. The molecule has 404 valence electrons. The van der Waals surface area contributed by atoms with E-state index in [0.717, 1.165) is 76.1 Å². The Morgan fingerprint density at radius 2 is 1.07 bits per heavy atom. The topological polar surface area (TPSA) is 139 Å². The summed E-state index contributed by atoms with van der Waals surface area (Å²) in [7, 11) is 2.50. The number of methoxy groups -OCH3 is 1. The molecule has 1 saturated carbocycles. The van der Waals surface area contributed by atoms with E-state index in [2.05, 4.69) is 22.7 Å². The molecule has 0 saturated heterocycles. The van der Waals surface area contributed by atoms with Gasteiger partial charge in [-0.05, 0) is 205 Å². The van der Waals surface area contributed by atoms with Crippen molar-refractivity contribution >= 4 is 15.5 Å². The van der Waals surface area contributed by atoms with Crippen molar-refractivity contribution < 1.29 is 46.3 Å². The van der Waals surface area contributed by atoms with Gasteiger partial charge in [-0.1, -0.05) is 30.3 Å². The van der Waals surface area contributed by atoms with Crippen molar-refractivity contribution in [1.29, 1.82) is 5.26 Å². The molecule has 0 bridgehead atoms. The summed E-state index contributed by atoms with van der Waals surface area (Å²) in [5, 5.41) is 8.85. The van der Waals surface area contributed by atoms with Gasteiger partial charge in [0.25, 0.3) is 0 Å². The Kier molecular flexibility index (Phi) is 28.1. The number of hydrogen-bond donors (Lipinski definition) is 0. The number of rotatable bonds is 19. The Bertz CT molecular complexity index is 2660. The van der Waals surface area contributed by atoms with E-state index in [0.29, 0.717) is 42.9 Å². The number of likely N-dealkylation sites (N-methyl/N-ethyl adjacent to an activating group) is 1. The predicted octanol–water partition coefficient (Wildman–Crippen LogP) is 13.5. The highest BCUT2D eigenvalue weighted by molar-refractivity contribution is 7.90. The van der Waals surface area contributed by atoms with E-state index in [4.69, 9.17) is 49.7 Å². The monoisotopic (exact) mass is 1040 g/mol. The fourth-order valence-electron chi connectivity index (χ4n) is 6.24. The average molecular weight is 1040 g/mol. The van der Waals surface area contributed by atoms with Gasteiger partial charge < -0.3 is 42.8 Å². The summed E-state index contributed by atoms with van der Waals surface area (Å²) >= 11 is 0. The van der Waals surface area contributed by atoms with Crippen LogP contribution in [0.1, 0.15) is 102 Å². The van der Waals surface area contributed by atoms with E-state index in [9.17, 15) is 8.42 Å². The molecule has 1 aliphatic rings. The van der Waals surface area contributed by atoms with Gasteiger partial charge in [-0.3, -0.25) is 0 Å². The molecule has 5 aromatic carbocycles. The molecule has 0 atom stereocenters. The standard InChI is InChI=1S/C14H23NO2.C13H20O3.C11H11NO.C11H13NO.C11H16O3S/c1-11(2)17-13-7-6-12(3)10-14(13)16-9-8-15(4)5;1-10(2)16-12-6-5-11(3)9-13(12)15-8-7-14-4;1-8-2-5-11(9(6-8)7-12)13-10-3-4-10;1-8(2)13-10-6-5-9(3)11(7-10)12-4;1-8(2)14-10-6-5-9(3)7-11(10)15(4,12)13/h6-7,10-11H,8-9H2,1-5H3;5-6,9-10H,7-8H2,1-4H3;2,5-6,10H,3-4H2,1H3;5-8H,1-3H3;5-8H,1-4H3. The number of aryl methyl sites for hydroxylation is 5. The molecule has 6 rings (SSSR count). The second kappa shape index (κ2) is 32.7. The molecular weight excluding hydrogens is 955 g/mol. The molecule has 0 spiro atoms. The van der Waals surface area contributed by atoms with Crippen LogP contribution in [0.15, 0.2) is 95.9 Å². The quantitative estimate of drug-likeness (QED) is 0.0574. The first-order chi connectivity index (χ1) is 34.8. The Morgan fingerprint density at radius 3 is 1.51 bits per heavy atom. The van der Waals surface area contributed by atoms with Crippen molar-refractivity contribution in [3.05, 3.63) is 136 Å². The molecule has 0 aliphatic heterocycles. The van der Waals surface area contributed by atoms with E-state index in [1.54, 1.807) is 25.3 Å². The summed E-state index contributed by atoms with van der Waals surface area (Å²) in [4.78, 5) is 5.76. The summed E-state index contributed by atoms with van der Waals surface area (Å²) in [6, 6.07) is 30.6. The fraction of sp³-hybridized carbons (Fsp3) is 0.467. The molecule has 0 heterocycles. The van der Waals surface area contributed by atoms with Crippen LogP contribution in [0.2, 0.25) is 0 Å². The summed E-state index contributed by atoms with van der Waals surface area (Å²) in [5.41, 5.74) is 6.65. The van der Waals surface area contributed by atoms with E-state index in [1.165, 1.54) is 11.8 Å². The molecule has 0 amide bonds. The fourth-order valence-corrected chi connectivity index (χ4v) is 7.12. The summed E-state index contributed by atoms with van der Waals surface area (Å²) in [6.45, 7) is 35.2. The Balaban J connectivity index is 0.000000318. The highest BCUT2D eigenvalue weighted by Crippen LogP contribution is 2.32. The van der Waals surface area contributed by atoms with Gasteiger partial charge in [0.05, 0.1) is 49.3 Å². The van der Waals surface area contributed by atoms with Crippen LogP contribution in [0.25, 0.3) is 4.85 Å². The SMILES string of the molecule is COCCOc1cc(C)ccc1OC(C)C.Cc1ccc(OC(C)C)c(OCCN(C)C)c1.Cc1ccc(OC(C)C)c(S(C)(=O)=O)c1.Cc1ccc(OC2CC2)c(C#N)c1.[C-]#[N+]c1cc(OC(C)C)ccc1C. The van der Waals surface area contributed by atoms with Gasteiger partial charge in [0.1, 0.15) is 41.4 Å². The Labute approximate surface area is 444 Å². The minimum Gasteiger partial charge on any atom is -0.492 e. The molecular formula is C60H83N3O10S. The number of ether oxygens (including phenoxy) is 8. The summed E-state index contributed by atoms with van der Waals surface area (Å²) in [5.74, 6) is 5.16. The molecule has 0 unspecified atom stereocenters. The highest BCUT2D eigenvalue weighted by Gasteiger charge is 2.24. The van der Waals surface area contributed by atoms with Crippen LogP contribution in [0.3, 0.4) is 0 Å². The molecule has 1 aliphatic carbocycles. The van der Waals surface area contributed by atoms with Crippen LogP contribution in [-0.2, 0) is 14.6 Å². The van der Waals surface area contributed by atoms with Gasteiger partial charge in [0.15, 0.2) is 38.5 Å². The first kappa shape index (κ1) is 63.7. The van der Waals surface area contributed by atoms with Crippen molar-refractivity contribution in [3.8, 4) is 46.3 Å². The molecule has 74 heavy (non-hydrogen) atoms. The molecule has 13 nitrogen and oxygen atoms in total. The highest BCUT2D eigenvalue weighted by atomic mass is 32.2. The van der Waals surface area contributed by atoms with Crippen molar-refractivity contribution in [3.63, 3.8) is 0 Å². The van der Waals surface area contributed by atoms with E-state index in [-0.39, 0.29) is 29.3 Å². The van der Waals surface area contributed by atoms with Crippen molar-refractivity contribution in [2.75, 3.05) is 53.8 Å². The van der Waals surface area contributed by atoms with Crippen LogP contribution in [0.4, 0.5) is 5.69 Å². The van der Waals surface area contributed by atoms with E-state index >= 15 is 0 Å². The Morgan fingerprint density at radius 1 is 0.608 bits per heavy atom. The third-order valence-corrected chi connectivity index (χ3v) is 11.0. The third kappa shape index (κ3) is 26.0. The maximum absolute atomic E-state index is 11.5. The van der Waals surface area contributed by atoms with Gasteiger partial charge >= 0.3 is 0 Å². The first-order valence-corrected chi connectivity index (χ1v) is 27.0. The lowest BCUT2D eigenvalue weighted by atomic mass is 10.1. The third-order valence-electron chi connectivity index (χ3n) is 9.87. The molecule has 0 N–H and O–H groups in total. The predicted molar refractivity (Wildman–Crippen MR) is 298 cm³/mol. The molecule has 5 aromatic rings. The number of nitriles is 1. The van der Waals surface area contributed by atoms with Gasteiger partial charge in [-0.15, -0.1) is 0 Å².